The lowest BCUT2D eigenvalue weighted by atomic mass is 10.0. The number of carbonyl (C=O) groups excluding carboxylic acids is 1. The Morgan fingerprint density at radius 2 is 2.05 bits per heavy atom. The number of nitrogens with one attached hydrogen (secondary N) is 1. The number of nitrogens with two attached hydrogens (primary N) is 1. The summed E-state index contributed by atoms with van der Waals surface area (Å²) < 4.78 is 1.18. The van der Waals surface area contributed by atoms with Crippen LogP contribution < -0.4 is 11.1 Å². The molecule has 0 fully saturated rings. The third-order valence-electron chi connectivity index (χ3n) is 3.27. The van der Waals surface area contributed by atoms with Crippen LogP contribution in [-0.2, 0) is 11.2 Å². The van der Waals surface area contributed by atoms with E-state index in [4.69, 9.17) is 5.73 Å². The van der Waals surface area contributed by atoms with Crippen molar-refractivity contribution < 1.29 is 4.79 Å². The minimum atomic E-state index is -0.428. The second-order valence-electron chi connectivity index (χ2n) is 5.93. The Kier molecular flexibility index (Phi) is 5.31. The van der Waals surface area contributed by atoms with Crippen molar-refractivity contribution in [2.24, 2.45) is 11.7 Å². The van der Waals surface area contributed by atoms with Gasteiger partial charge in [0.25, 0.3) is 0 Å². The summed E-state index contributed by atoms with van der Waals surface area (Å²) >= 11 is 1.68. The molecule has 0 saturated carbocycles. The number of amides is 1. The molecule has 2 atom stereocenters. The highest BCUT2D eigenvalue weighted by molar-refractivity contribution is 7.18. The molecular weight excluding hydrogens is 282 g/mol. The summed E-state index contributed by atoms with van der Waals surface area (Å²) in [5.41, 5.74) is 6.92. The van der Waals surface area contributed by atoms with Gasteiger partial charge in [0.1, 0.15) is 0 Å². The van der Waals surface area contributed by atoms with Gasteiger partial charge in [-0.1, -0.05) is 26.0 Å². The van der Waals surface area contributed by atoms with Crippen molar-refractivity contribution in [2.75, 3.05) is 0 Å². The summed E-state index contributed by atoms with van der Waals surface area (Å²) in [5, 5.41) is 4.02. The Morgan fingerprint density at radius 1 is 1.33 bits per heavy atom. The molecule has 0 bridgehead atoms. The predicted octanol–water partition coefficient (Wildman–Crippen LogP) is 2.72. The number of rotatable bonds is 6. The van der Waals surface area contributed by atoms with Crippen molar-refractivity contribution in [3.05, 3.63) is 29.3 Å². The molecule has 1 aromatic heterocycles. The molecule has 21 heavy (non-hydrogen) atoms. The van der Waals surface area contributed by atoms with E-state index in [0.717, 1.165) is 16.9 Å². The number of fused-ring (bicyclic) bond motifs is 1. The van der Waals surface area contributed by atoms with Crippen LogP contribution in [0.25, 0.3) is 10.2 Å². The topological polar surface area (TPSA) is 68.0 Å². The van der Waals surface area contributed by atoms with Crippen LogP contribution in [0.5, 0.6) is 0 Å². The lowest BCUT2D eigenvalue weighted by molar-refractivity contribution is -0.123. The number of thiazole rings is 1. The van der Waals surface area contributed by atoms with E-state index < -0.39 is 6.04 Å². The molecule has 0 aliphatic heterocycles. The number of nitrogens with zero attached hydrogens (tertiary/aromatic N) is 1. The number of aromatic nitrogens is 1. The smallest absolute Gasteiger partial charge is 0.237 e. The molecule has 5 heteroatoms. The van der Waals surface area contributed by atoms with Crippen LogP contribution in [0.3, 0.4) is 0 Å². The van der Waals surface area contributed by atoms with Crippen molar-refractivity contribution in [3.63, 3.8) is 0 Å². The van der Waals surface area contributed by atoms with Gasteiger partial charge in [-0.05, 0) is 31.4 Å². The van der Waals surface area contributed by atoms with Crippen LogP contribution in [0.15, 0.2) is 24.3 Å². The van der Waals surface area contributed by atoms with Crippen molar-refractivity contribution in [3.8, 4) is 0 Å². The van der Waals surface area contributed by atoms with Crippen LogP contribution in [-0.4, -0.2) is 23.0 Å². The van der Waals surface area contributed by atoms with E-state index >= 15 is 0 Å². The lowest BCUT2D eigenvalue weighted by Crippen LogP contribution is -2.45. The van der Waals surface area contributed by atoms with E-state index in [2.05, 4.69) is 30.2 Å². The summed E-state index contributed by atoms with van der Waals surface area (Å²) in [7, 11) is 0. The van der Waals surface area contributed by atoms with Gasteiger partial charge in [-0.15, -0.1) is 11.3 Å². The zero-order valence-electron chi connectivity index (χ0n) is 12.8. The number of hydrogen-bond acceptors (Lipinski definition) is 4. The third-order valence-corrected chi connectivity index (χ3v) is 4.33. The summed E-state index contributed by atoms with van der Waals surface area (Å²) in [6, 6.07) is 7.69. The normalized spacial score (nSPS) is 14.3. The molecule has 1 aromatic carbocycles. The fourth-order valence-corrected chi connectivity index (χ4v) is 3.38. The highest BCUT2D eigenvalue weighted by Gasteiger charge is 2.17. The lowest BCUT2D eigenvalue weighted by Gasteiger charge is -2.18. The fraction of sp³-hybridized carbons (Fsp3) is 0.500. The molecule has 1 amide bonds. The molecule has 2 rings (SSSR count). The van der Waals surface area contributed by atoms with Crippen LogP contribution in [0.4, 0.5) is 0 Å². The Balaban J connectivity index is 1.92. The quantitative estimate of drug-likeness (QED) is 0.862. The molecule has 3 N–H and O–H groups in total. The maximum absolute atomic E-state index is 12.0. The Hall–Kier alpha value is -1.46. The Labute approximate surface area is 129 Å². The third kappa shape index (κ3) is 4.51. The van der Waals surface area contributed by atoms with E-state index in [1.165, 1.54) is 4.70 Å². The Bertz CT molecular complexity index is 575. The molecule has 2 aromatic rings. The first-order valence-electron chi connectivity index (χ1n) is 7.36. The second-order valence-corrected chi connectivity index (χ2v) is 7.04. The zero-order chi connectivity index (χ0) is 15.4. The fourth-order valence-electron chi connectivity index (χ4n) is 2.28. The average Bonchev–Trinajstić information content (AvgIpc) is 2.79. The highest BCUT2D eigenvalue weighted by Crippen LogP contribution is 2.22. The van der Waals surface area contributed by atoms with Gasteiger partial charge in [0.2, 0.25) is 5.91 Å². The monoisotopic (exact) mass is 305 g/mol. The number of para-hydroxylation sites is 1. The SMILES string of the molecule is CC(C)C[C@H](N)C(=O)NC(C)Cc1nc2ccccc2s1. The van der Waals surface area contributed by atoms with Gasteiger partial charge in [-0.3, -0.25) is 4.79 Å². The van der Waals surface area contributed by atoms with Crippen LogP contribution >= 0.6 is 11.3 Å². The summed E-state index contributed by atoms with van der Waals surface area (Å²) in [6.45, 7) is 6.13. The van der Waals surface area contributed by atoms with E-state index in [1.54, 1.807) is 11.3 Å². The minimum absolute atomic E-state index is 0.0382. The van der Waals surface area contributed by atoms with Gasteiger partial charge in [0, 0.05) is 12.5 Å². The highest BCUT2D eigenvalue weighted by atomic mass is 32.1. The van der Waals surface area contributed by atoms with Gasteiger partial charge in [0.15, 0.2) is 0 Å². The molecule has 114 valence electrons. The molecule has 0 aliphatic rings. The van der Waals surface area contributed by atoms with Crippen LogP contribution in [0.2, 0.25) is 0 Å². The van der Waals surface area contributed by atoms with Gasteiger partial charge >= 0.3 is 0 Å². The molecule has 1 heterocycles. The van der Waals surface area contributed by atoms with Crippen molar-refractivity contribution in [1.82, 2.24) is 10.3 Å². The van der Waals surface area contributed by atoms with Crippen molar-refractivity contribution >= 4 is 27.5 Å². The molecule has 0 spiro atoms. The molecule has 1 unspecified atom stereocenters. The van der Waals surface area contributed by atoms with E-state index in [9.17, 15) is 4.79 Å². The first-order chi connectivity index (χ1) is 9.95. The summed E-state index contributed by atoms with van der Waals surface area (Å²) in [4.78, 5) is 16.6. The second kappa shape index (κ2) is 7.00. The summed E-state index contributed by atoms with van der Waals surface area (Å²) in [5.74, 6) is 0.350. The largest absolute Gasteiger partial charge is 0.352 e. The number of benzene rings is 1. The molecule has 0 saturated heterocycles. The van der Waals surface area contributed by atoms with Gasteiger partial charge in [0.05, 0.1) is 21.3 Å². The number of carbonyl (C=O) groups is 1. The Morgan fingerprint density at radius 3 is 2.71 bits per heavy atom. The maximum Gasteiger partial charge on any atom is 0.237 e. The van der Waals surface area contributed by atoms with E-state index in [-0.39, 0.29) is 11.9 Å². The molecule has 0 radical (unpaired) electrons. The first-order valence-corrected chi connectivity index (χ1v) is 8.17. The van der Waals surface area contributed by atoms with Crippen molar-refractivity contribution in [1.29, 1.82) is 0 Å². The standard InChI is InChI=1S/C16H23N3OS/c1-10(2)8-12(17)16(20)18-11(3)9-15-19-13-6-4-5-7-14(13)21-15/h4-7,10-12H,8-9,17H2,1-3H3,(H,18,20)/t11?,12-/m0/s1. The number of hydrogen-bond donors (Lipinski definition) is 2. The van der Waals surface area contributed by atoms with Gasteiger partial charge in [-0.2, -0.15) is 0 Å². The predicted molar refractivity (Wildman–Crippen MR) is 88.4 cm³/mol. The summed E-state index contributed by atoms with van der Waals surface area (Å²) in [6.07, 6.45) is 1.44. The zero-order valence-corrected chi connectivity index (χ0v) is 13.6. The van der Waals surface area contributed by atoms with Crippen LogP contribution in [0.1, 0.15) is 32.2 Å². The molecule has 0 aliphatic carbocycles. The first kappa shape index (κ1) is 15.9. The molecule has 4 nitrogen and oxygen atoms in total. The average molecular weight is 305 g/mol. The van der Waals surface area contributed by atoms with Gasteiger partial charge in [-0.25, -0.2) is 4.98 Å². The van der Waals surface area contributed by atoms with Gasteiger partial charge < -0.3 is 11.1 Å². The molecular formula is C16H23N3OS. The van der Waals surface area contributed by atoms with Crippen LogP contribution in [0, 0.1) is 5.92 Å². The maximum atomic E-state index is 12.0. The minimum Gasteiger partial charge on any atom is -0.352 e. The van der Waals surface area contributed by atoms with Crippen molar-refractivity contribution in [2.45, 2.75) is 45.7 Å². The van der Waals surface area contributed by atoms with E-state index in [0.29, 0.717) is 12.3 Å². The van der Waals surface area contributed by atoms with E-state index in [1.807, 2.05) is 25.1 Å².